The average Bonchev–Trinajstić information content (AvgIpc) is 3.05. The summed E-state index contributed by atoms with van der Waals surface area (Å²) in [6, 6.07) is 37.1. The highest BCUT2D eigenvalue weighted by molar-refractivity contribution is 7.00. The monoisotopic (exact) mass is 542 g/mol. The third kappa shape index (κ3) is 3.46. The number of hydrogen-bond donors (Lipinski definition) is 0. The third-order valence-electron chi connectivity index (χ3n) is 10.2. The van der Waals surface area contributed by atoms with Crippen molar-refractivity contribution >= 4 is 57.2 Å². The van der Waals surface area contributed by atoms with Crippen LogP contribution in [0.4, 0.5) is 34.1 Å². The molecule has 5 aromatic carbocycles. The predicted molar refractivity (Wildman–Crippen MR) is 178 cm³/mol. The van der Waals surface area contributed by atoms with E-state index in [0.717, 1.165) is 12.8 Å². The molecule has 2 aliphatic carbocycles. The van der Waals surface area contributed by atoms with Gasteiger partial charge in [-0.3, -0.25) is 0 Å². The molecular formula is C39H35BN2. The molecule has 2 heterocycles. The standard InChI is InChI=1S/C39H35BN2/c1-26-24-35-37-36(25-26)42(30-16-6-3-7-17-30)39-32-19-11-9-13-28(32)21-23-34(39)40(37)33-22-20-27-12-8-10-18-31(27)38(33)41(35)29-14-4-2-5-15-29/h2-7,14-17,20-25H,8-13,18-19H2,1H3. The summed E-state index contributed by atoms with van der Waals surface area (Å²) in [7, 11) is 0. The molecule has 0 radical (unpaired) electrons. The molecule has 4 aliphatic rings. The molecule has 0 unspecified atom stereocenters. The minimum Gasteiger partial charge on any atom is -0.311 e. The van der Waals surface area contributed by atoms with Crippen molar-refractivity contribution in [2.45, 2.75) is 58.3 Å². The van der Waals surface area contributed by atoms with Gasteiger partial charge < -0.3 is 9.80 Å². The van der Waals surface area contributed by atoms with Crippen LogP contribution in [-0.4, -0.2) is 6.71 Å². The van der Waals surface area contributed by atoms with Crippen LogP contribution in [0.15, 0.2) is 97.1 Å². The van der Waals surface area contributed by atoms with E-state index < -0.39 is 0 Å². The molecule has 2 nitrogen and oxygen atoms in total. The van der Waals surface area contributed by atoms with Gasteiger partial charge in [-0.1, -0.05) is 60.7 Å². The highest BCUT2D eigenvalue weighted by atomic mass is 15.2. The van der Waals surface area contributed by atoms with Crippen molar-refractivity contribution in [3.8, 4) is 0 Å². The van der Waals surface area contributed by atoms with Crippen LogP contribution in [0, 0.1) is 6.92 Å². The summed E-state index contributed by atoms with van der Waals surface area (Å²) < 4.78 is 0. The third-order valence-corrected chi connectivity index (χ3v) is 10.2. The smallest absolute Gasteiger partial charge is 0.252 e. The zero-order valence-corrected chi connectivity index (χ0v) is 24.4. The van der Waals surface area contributed by atoms with E-state index in [-0.39, 0.29) is 6.71 Å². The van der Waals surface area contributed by atoms with Crippen LogP contribution in [0.5, 0.6) is 0 Å². The van der Waals surface area contributed by atoms with E-state index in [1.165, 1.54) is 94.6 Å². The van der Waals surface area contributed by atoms with Gasteiger partial charge in [0.1, 0.15) is 0 Å². The van der Waals surface area contributed by atoms with Crippen LogP contribution in [0.1, 0.15) is 53.5 Å². The Bertz CT molecular complexity index is 1730. The molecule has 204 valence electrons. The first kappa shape index (κ1) is 24.4. The molecule has 3 heteroatoms. The van der Waals surface area contributed by atoms with Crippen molar-refractivity contribution < 1.29 is 0 Å². The zero-order valence-electron chi connectivity index (χ0n) is 24.4. The van der Waals surface area contributed by atoms with Gasteiger partial charge in [0.05, 0.1) is 0 Å². The number of nitrogens with zero attached hydrogens (tertiary/aromatic N) is 2. The topological polar surface area (TPSA) is 6.48 Å². The lowest BCUT2D eigenvalue weighted by Crippen LogP contribution is -2.62. The fourth-order valence-corrected chi connectivity index (χ4v) is 8.48. The molecule has 0 bridgehead atoms. The van der Waals surface area contributed by atoms with Crippen LogP contribution < -0.4 is 26.2 Å². The summed E-state index contributed by atoms with van der Waals surface area (Å²) in [5, 5.41) is 0. The van der Waals surface area contributed by atoms with E-state index in [1.54, 1.807) is 22.3 Å². The largest absolute Gasteiger partial charge is 0.311 e. The number of fused-ring (bicyclic) bond motifs is 8. The molecule has 42 heavy (non-hydrogen) atoms. The lowest BCUT2D eigenvalue weighted by Gasteiger charge is -2.46. The van der Waals surface area contributed by atoms with Gasteiger partial charge in [0.15, 0.2) is 0 Å². The Morgan fingerprint density at radius 3 is 1.45 bits per heavy atom. The number of hydrogen-bond acceptors (Lipinski definition) is 2. The summed E-state index contributed by atoms with van der Waals surface area (Å²) in [5.41, 5.74) is 20.0. The van der Waals surface area contributed by atoms with E-state index >= 15 is 0 Å². The normalized spacial score (nSPS) is 16.3. The van der Waals surface area contributed by atoms with Gasteiger partial charge in [-0.2, -0.15) is 0 Å². The second kappa shape index (κ2) is 9.39. The Morgan fingerprint density at radius 2 is 0.976 bits per heavy atom. The van der Waals surface area contributed by atoms with Crippen LogP contribution in [0.3, 0.4) is 0 Å². The van der Waals surface area contributed by atoms with Crippen LogP contribution in [0.25, 0.3) is 0 Å². The van der Waals surface area contributed by atoms with Gasteiger partial charge in [-0.25, -0.2) is 0 Å². The Kier molecular flexibility index (Phi) is 5.45. The lowest BCUT2D eigenvalue weighted by atomic mass is 9.33. The van der Waals surface area contributed by atoms with Crippen molar-refractivity contribution in [3.63, 3.8) is 0 Å². The van der Waals surface area contributed by atoms with Gasteiger partial charge >= 0.3 is 0 Å². The fourth-order valence-electron chi connectivity index (χ4n) is 8.48. The Hall–Kier alpha value is -4.24. The van der Waals surface area contributed by atoms with Crippen LogP contribution >= 0.6 is 0 Å². The van der Waals surface area contributed by atoms with Crippen molar-refractivity contribution in [1.82, 2.24) is 0 Å². The minimum absolute atomic E-state index is 0.222. The molecule has 0 spiro atoms. The summed E-state index contributed by atoms with van der Waals surface area (Å²) in [5.74, 6) is 0. The van der Waals surface area contributed by atoms with E-state index in [4.69, 9.17) is 0 Å². The Labute approximate surface area is 249 Å². The van der Waals surface area contributed by atoms with E-state index in [9.17, 15) is 0 Å². The number of anilines is 6. The maximum atomic E-state index is 2.62. The number of benzene rings is 5. The molecular weight excluding hydrogens is 507 g/mol. The van der Waals surface area contributed by atoms with Crippen molar-refractivity contribution in [3.05, 3.63) is 125 Å². The van der Waals surface area contributed by atoms with Gasteiger partial charge in [-0.15, -0.1) is 0 Å². The van der Waals surface area contributed by atoms with Crippen LogP contribution in [-0.2, 0) is 25.7 Å². The van der Waals surface area contributed by atoms with Crippen molar-refractivity contribution in [2.75, 3.05) is 9.80 Å². The highest BCUT2D eigenvalue weighted by Crippen LogP contribution is 2.48. The number of para-hydroxylation sites is 2. The maximum Gasteiger partial charge on any atom is 0.252 e. The molecule has 0 N–H and O–H groups in total. The molecule has 9 rings (SSSR count). The van der Waals surface area contributed by atoms with Gasteiger partial charge in [0.2, 0.25) is 0 Å². The van der Waals surface area contributed by atoms with Gasteiger partial charge in [0.25, 0.3) is 6.71 Å². The molecule has 0 aromatic heterocycles. The highest BCUT2D eigenvalue weighted by Gasteiger charge is 2.45. The van der Waals surface area contributed by atoms with E-state index in [2.05, 4.69) is 114 Å². The summed E-state index contributed by atoms with van der Waals surface area (Å²) in [6.45, 7) is 2.50. The van der Waals surface area contributed by atoms with Gasteiger partial charge in [0, 0.05) is 34.1 Å². The second-order valence-corrected chi connectivity index (χ2v) is 12.7. The first-order valence-electron chi connectivity index (χ1n) is 15.9. The first-order chi connectivity index (χ1) is 20.8. The molecule has 0 saturated carbocycles. The summed E-state index contributed by atoms with van der Waals surface area (Å²) in [4.78, 5) is 5.24. The first-order valence-corrected chi connectivity index (χ1v) is 15.9. The zero-order chi connectivity index (χ0) is 27.8. The average molecular weight is 543 g/mol. The van der Waals surface area contributed by atoms with Crippen molar-refractivity contribution in [2.24, 2.45) is 0 Å². The van der Waals surface area contributed by atoms with Crippen molar-refractivity contribution in [1.29, 1.82) is 0 Å². The molecule has 0 amide bonds. The minimum atomic E-state index is 0.222. The molecule has 0 atom stereocenters. The second-order valence-electron chi connectivity index (χ2n) is 12.7. The van der Waals surface area contributed by atoms with Crippen LogP contribution in [0.2, 0.25) is 0 Å². The number of aryl methyl sites for hydroxylation is 3. The summed E-state index contributed by atoms with van der Waals surface area (Å²) >= 11 is 0. The maximum absolute atomic E-state index is 2.62. The van der Waals surface area contributed by atoms with E-state index in [1.807, 2.05) is 0 Å². The quantitative estimate of drug-likeness (QED) is 0.206. The Morgan fingerprint density at radius 1 is 0.524 bits per heavy atom. The molecule has 5 aromatic rings. The molecule has 0 fully saturated rings. The molecule has 0 saturated heterocycles. The SMILES string of the molecule is Cc1cc2c3c(c1)N(c1ccccc1)c1c(ccc4c1CCCC4)B3c1ccc3c(c1N2c1ccccc1)CCCC3. The predicted octanol–water partition coefficient (Wildman–Crippen LogP) is 7.84. The summed E-state index contributed by atoms with van der Waals surface area (Å²) in [6.07, 6.45) is 9.83. The fraction of sp³-hybridized carbons (Fsp3) is 0.231. The number of rotatable bonds is 2. The lowest BCUT2D eigenvalue weighted by molar-refractivity contribution is 0.686. The molecule has 2 aliphatic heterocycles. The van der Waals surface area contributed by atoms with E-state index in [0.29, 0.717) is 0 Å². The van der Waals surface area contributed by atoms with Gasteiger partial charge in [-0.05, 0) is 139 Å². The Balaban J connectivity index is 1.42.